The second kappa shape index (κ2) is 6.94. The Labute approximate surface area is 162 Å². The van der Waals surface area contributed by atoms with Gasteiger partial charge in [0.25, 0.3) is 0 Å². The van der Waals surface area contributed by atoms with Crippen LogP contribution >= 0.6 is 11.3 Å². The highest BCUT2D eigenvalue weighted by molar-refractivity contribution is 7.17. The van der Waals surface area contributed by atoms with Crippen molar-refractivity contribution in [1.82, 2.24) is 4.98 Å². The van der Waals surface area contributed by atoms with Gasteiger partial charge in [-0.2, -0.15) is 0 Å². The summed E-state index contributed by atoms with van der Waals surface area (Å²) in [5, 5.41) is 0. The number of hydrogen-bond donors (Lipinski definition) is 0. The molecule has 1 saturated heterocycles. The first-order valence-corrected chi connectivity index (χ1v) is 10.2. The highest BCUT2D eigenvalue weighted by atomic mass is 32.1. The number of fused-ring (bicyclic) bond motifs is 1. The third-order valence-corrected chi connectivity index (χ3v) is 6.23. The van der Waals surface area contributed by atoms with E-state index in [0.717, 1.165) is 55.6 Å². The van der Waals surface area contributed by atoms with Crippen molar-refractivity contribution < 1.29 is 9.15 Å². The van der Waals surface area contributed by atoms with Crippen molar-refractivity contribution in [2.75, 3.05) is 31.2 Å². The zero-order chi connectivity index (χ0) is 18.2. The summed E-state index contributed by atoms with van der Waals surface area (Å²) in [7, 11) is 0. The van der Waals surface area contributed by atoms with Gasteiger partial charge in [-0.15, -0.1) is 11.3 Å². The average molecular weight is 379 g/mol. The maximum atomic E-state index is 5.82. The second-order valence-electron chi connectivity index (χ2n) is 6.76. The molecular formula is C21H21N3O2S. The topological polar surface area (TPSA) is 50.9 Å². The van der Waals surface area contributed by atoms with E-state index >= 15 is 0 Å². The average Bonchev–Trinajstić information content (AvgIpc) is 3.44. The number of anilines is 1. The fourth-order valence-electron chi connectivity index (χ4n) is 3.55. The standard InChI is InChI=1S/C21H21N3O2S/c1-2-17-13-23-21(26-17)18-11-15-12-22-19(20(15)27-18)14-3-5-16(6-4-14)24-7-9-25-10-8-24/h3-6,11,13H,2,7-10,12H2,1H3. The largest absolute Gasteiger partial charge is 0.440 e. The highest BCUT2D eigenvalue weighted by Gasteiger charge is 2.23. The van der Waals surface area contributed by atoms with Crippen LogP contribution < -0.4 is 4.90 Å². The molecule has 138 valence electrons. The molecule has 0 amide bonds. The Morgan fingerprint density at radius 3 is 2.70 bits per heavy atom. The number of ether oxygens (including phenoxy) is 1. The Bertz CT molecular complexity index is 981. The van der Waals surface area contributed by atoms with Gasteiger partial charge in [0.2, 0.25) is 5.89 Å². The maximum absolute atomic E-state index is 5.82. The van der Waals surface area contributed by atoms with Gasteiger partial charge >= 0.3 is 0 Å². The molecule has 0 spiro atoms. The molecule has 0 saturated carbocycles. The Morgan fingerprint density at radius 2 is 1.96 bits per heavy atom. The summed E-state index contributed by atoms with van der Waals surface area (Å²) in [6.07, 6.45) is 2.68. The second-order valence-corrected chi connectivity index (χ2v) is 7.81. The summed E-state index contributed by atoms with van der Waals surface area (Å²) in [4.78, 5) is 13.9. The summed E-state index contributed by atoms with van der Waals surface area (Å²) >= 11 is 1.72. The van der Waals surface area contributed by atoms with E-state index in [2.05, 4.69) is 47.1 Å². The molecular weight excluding hydrogens is 358 g/mol. The minimum absolute atomic E-state index is 0.716. The molecule has 0 aliphatic carbocycles. The molecule has 2 aliphatic rings. The van der Waals surface area contributed by atoms with Crippen molar-refractivity contribution in [2.24, 2.45) is 4.99 Å². The van der Waals surface area contributed by atoms with Crippen LogP contribution in [0.15, 0.2) is 45.9 Å². The van der Waals surface area contributed by atoms with Crippen molar-refractivity contribution in [1.29, 1.82) is 0 Å². The number of morpholine rings is 1. The number of nitrogens with zero attached hydrogens (tertiary/aromatic N) is 3. The van der Waals surface area contributed by atoms with Crippen LogP contribution in [0.4, 0.5) is 5.69 Å². The molecule has 6 heteroatoms. The van der Waals surface area contributed by atoms with Crippen LogP contribution in [-0.2, 0) is 17.7 Å². The number of rotatable bonds is 4. The van der Waals surface area contributed by atoms with Crippen molar-refractivity contribution >= 4 is 22.7 Å². The third-order valence-electron chi connectivity index (χ3n) is 5.06. The van der Waals surface area contributed by atoms with Crippen molar-refractivity contribution in [3.05, 3.63) is 58.3 Å². The molecule has 2 aromatic heterocycles. The number of thiophene rings is 1. The Morgan fingerprint density at radius 1 is 1.15 bits per heavy atom. The molecule has 4 heterocycles. The van der Waals surface area contributed by atoms with E-state index in [-0.39, 0.29) is 0 Å². The quantitative estimate of drug-likeness (QED) is 0.683. The fourth-order valence-corrected chi connectivity index (χ4v) is 4.68. The number of hydrogen-bond acceptors (Lipinski definition) is 6. The van der Waals surface area contributed by atoms with Crippen LogP contribution in [0.1, 0.15) is 28.7 Å². The first kappa shape index (κ1) is 16.7. The van der Waals surface area contributed by atoms with Gasteiger partial charge in [0, 0.05) is 30.8 Å². The van der Waals surface area contributed by atoms with E-state index in [4.69, 9.17) is 14.1 Å². The van der Waals surface area contributed by atoms with E-state index in [0.29, 0.717) is 5.89 Å². The molecule has 27 heavy (non-hydrogen) atoms. The molecule has 3 aromatic rings. The molecule has 1 fully saturated rings. The van der Waals surface area contributed by atoms with Crippen molar-refractivity contribution in [3.63, 3.8) is 0 Å². The van der Waals surface area contributed by atoms with Gasteiger partial charge < -0.3 is 14.1 Å². The van der Waals surface area contributed by atoms with Gasteiger partial charge in [-0.1, -0.05) is 19.1 Å². The van der Waals surface area contributed by atoms with Gasteiger partial charge in [0.15, 0.2) is 0 Å². The Balaban J connectivity index is 1.40. The van der Waals surface area contributed by atoms with E-state index in [9.17, 15) is 0 Å². The van der Waals surface area contributed by atoms with Crippen LogP contribution in [0.5, 0.6) is 0 Å². The molecule has 0 atom stereocenters. The summed E-state index contributed by atoms with van der Waals surface area (Å²) in [6, 6.07) is 10.9. The van der Waals surface area contributed by atoms with Gasteiger partial charge in [0.1, 0.15) is 5.76 Å². The van der Waals surface area contributed by atoms with Crippen molar-refractivity contribution in [2.45, 2.75) is 19.9 Å². The number of aryl methyl sites for hydroxylation is 1. The summed E-state index contributed by atoms with van der Waals surface area (Å²) < 4.78 is 11.3. The molecule has 0 unspecified atom stereocenters. The van der Waals surface area contributed by atoms with E-state index in [1.54, 1.807) is 11.3 Å². The van der Waals surface area contributed by atoms with Crippen LogP contribution in [0.3, 0.4) is 0 Å². The van der Waals surface area contributed by atoms with Crippen LogP contribution in [0.2, 0.25) is 0 Å². The highest BCUT2D eigenvalue weighted by Crippen LogP contribution is 2.36. The van der Waals surface area contributed by atoms with E-state index in [1.165, 1.54) is 21.7 Å². The van der Waals surface area contributed by atoms with Gasteiger partial charge in [-0.05, 0) is 23.8 Å². The number of aromatic nitrogens is 1. The van der Waals surface area contributed by atoms with Crippen molar-refractivity contribution in [3.8, 4) is 10.8 Å². The molecule has 0 bridgehead atoms. The molecule has 1 aromatic carbocycles. The van der Waals surface area contributed by atoms with Crippen LogP contribution in [-0.4, -0.2) is 37.0 Å². The fraction of sp³-hybridized carbons (Fsp3) is 0.333. The Kier molecular flexibility index (Phi) is 4.30. The number of aliphatic imine (C=N–C) groups is 1. The Hall–Kier alpha value is -2.44. The molecule has 0 radical (unpaired) electrons. The lowest BCUT2D eigenvalue weighted by molar-refractivity contribution is 0.122. The lowest BCUT2D eigenvalue weighted by Crippen LogP contribution is -2.36. The zero-order valence-corrected chi connectivity index (χ0v) is 16.1. The summed E-state index contributed by atoms with van der Waals surface area (Å²) in [5.74, 6) is 1.64. The predicted octanol–water partition coefficient (Wildman–Crippen LogP) is 4.15. The predicted molar refractivity (Wildman–Crippen MR) is 108 cm³/mol. The first-order chi connectivity index (χ1) is 13.3. The number of benzene rings is 1. The summed E-state index contributed by atoms with van der Waals surface area (Å²) in [6.45, 7) is 6.31. The monoisotopic (exact) mass is 379 g/mol. The van der Waals surface area contributed by atoms with Gasteiger partial charge in [-0.25, -0.2) is 4.98 Å². The zero-order valence-electron chi connectivity index (χ0n) is 15.3. The molecule has 2 aliphatic heterocycles. The lowest BCUT2D eigenvalue weighted by atomic mass is 10.1. The SMILES string of the molecule is CCc1cnc(-c2cc3c(s2)C(c2ccc(N4CCOCC4)cc2)=NC3)o1. The van der Waals surface area contributed by atoms with E-state index < -0.39 is 0 Å². The van der Waals surface area contributed by atoms with Gasteiger partial charge in [-0.3, -0.25) is 4.99 Å². The number of oxazole rings is 1. The normalized spacial score (nSPS) is 16.5. The summed E-state index contributed by atoms with van der Waals surface area (Å²) in [5.41, 5.74) is 4.76. The lowest BCUT2D eigenvalue weighted by Gasteiger charge is -2.28. The van der Waals surface area contributed by atoms with Gasteiger partial charge in [0.05, 0.1) is 41.4 Å². The smallest absolute Gasteiger partial charge is 0.236 e. The van der Waals surface area contributed by atoms with Crippen LogP contribution in [0.25, 0.3) is 10.8 Å². The molecule has 5 rings (SSSR count). The minimum Gasteiger partial charge on any atom is -0.440 e. The molecule has 5 nitrogen and oxygen atoms in total. The van der Waals surface area contributed by atoms with Crippen LogP contribution in [0, 0.1) is 0 Å². The third kappa shape index (κ3) is 3.09. The first-order valence-electron chi connectivity index (χ1n) is 9.37. The van der Waals surface area contributed by atoms with E-state index in [1.807, 2.05) is 6.20 Å². The maximum Gasteiger partial charge on any atom is 0.236 e. The molecule has 0 N–H and O–H groups in total. The minimum atomic E-state index is 0.716.